The van der Waals surface area contributed by atoms with Crippen LogP contribution in [0.25, 0.3) is 11.2 Å². The van der Waals surface area contributed by atoms with Crippen LogP contribution in [-0.4, -0.2) is 49.9 Å². The number of hydrogen-bond acceptors (Lipinski definition) is 4. The van der Waals surface area contributed by atoms with Gasteiger partial charge in [-0.2, -0.15) is 11.8 Å². The number of imidazole rings is 1. The number of pyridine rings is 1. The fourth-order valence-electron chi connectivity index (χ4n) is 2.48. The molecule has 2 aromatic heterocycles. The van der Waals surface area contributed by atoms with Gasteiger partial charge in [-0.15, -0.1) is 0 Å². The molecule has 0 bridgehead atoms. The Morgan fingerprint density at radius 2 is 1.95 bits per heavy atom. The third-order valence-corrected chi connectivity index (χ3v) is 4.65. The zero-order valence-corrected chi connectivity index (χ0v) is 12.8. The zero-order chi connectivity index (χ0) is 14.3. The van der Waals surface area contributed by atoms with Gasteiger partial charge in [0.05, 0.1) is 5.56 Å². The number of carbonyl (C=O) groups is 1. The minimum atomic E-state index is 0.0823. The second-order valence-electron chi connectivity index (χ2n) is 5.11. The number of amides is 1. The van der Waals surface area contributed by atoms with E-state index in [0.717, 1.165) is 47.3 Å². The van der Waals surface area contributed by atoms with E-state index in [1.165, 1.54) is 0 Å². The largest absolute Gasteiger partial charge is 0.337 e. The summed E-state index contributed by atoms with van der Waals surface area (Å²) in [5.74, 6) is 2.99. The van der Waals surface area contributed by atoms with E-state index in [-0.39, 0.29) is 5.91 Å². The monoisotopic (exact) mass is 290 g/mol. The Morgan fingerprint density at radius 3 is 2.65 bits per heavy atom. The predicted molar refractivity (Wildman–Crippen MR) is 81.2 cm³/mol. The molecule has 2 aromatic rings. The Morgan fingerprint density at radius 1 is 1.25 bits per heavy atom. The number of thioether (sulfide) groups is 1. The molecule has 1 fully saturated rings. The van der Waals surface area contributed by atoms with E-state index in [1.54, 1.807) is 0 Å². The molecule has 0 atom stereocenters. The van der Waals surface area contributed by atoms with Crippen molar-refractivity contribution in [2.45, 2.75) is 13.8 Å². The summed E-state index contributed by atoms with van der Waals surface area (Å²) in [5, 5.41) is 0. The van der Waals surface area contributed by atoms with E-state index in [4.69, 9.17) is 0 Å². The standard InChI is InChI=1S/C14H18N4OS/c1-9-8-11(14(19)18-4-6-20-7-5-18)12-13(15-9)17(3)10(2)16-12/h8H,4-7H2,1-3H3. The lowest BCUT2D eigenvalue weighted by molar-refractivity contribution is 0.0774. The molecule has 106 valence electrons. The number of aromatic nitrogens is 3. The van der Waals surface area contributed by atoms with Crippen molar-refractivity contribution >= 4 is 28.8 Å². The lowest BCUT2D eigenvalue weighted by Gasteiger charge is -2.26. The first-order valence-electron chi connectivity index (χ1n) is 6.75. The van der Waals surface area contributed by atoms with Gasteiger partial charge in [-0.1, -0.05) is 0 Å². The molecule has 0 aromatic carbocycles. The van der Waals surface area contributed by atoms with E-state index in [2.05, 4.69) is 9.97 Å². The molecular formula is C14H18N4OS. The summed E-state index contributed by atoms with van der Waals surface area (Å²) in [6, 6.07) is 1.86. The summed E-state index contributed by atoms with van der Waals surface area (Å²) in [6.45, 7) is 5.49. The van der Waals surface area contributed by atoms with Crippen molar-refractivity contribution in [3.05, 3.63) is 23.1 Å². The molecule has 0 N–H and O–H groups in total. The zero-order valence-electron chi connectivity index (χ0n) is 12.0. The molecule has 1 amide bonds. The number of nitrogens with zero attached hydrogens (tertiary/aromatic N) is 4. The van der Waals surface area contributed by atoms with Crippen molar-refractivity contribution in [3.63, 3.8) is 0 Å². The molecule has 3 rings (SSSR count). The van der Waals surface area contributed by atoms with Crippen LogP contribution >= 0.6 is 11.8 Å². The van der Waals surface area contributed by atoms with E-state index >= 15 is 0 Å². The van der Waals surface area contributed by atoms with Gasteiger partial charge in [0, 0.05) is 37.3 Å². The second-order valence-corrected chi connectivity index (χ2v) is 6.33. The van der Waals surface area contributed by atoms with Crippen LogP contribution in [0.1, 0.15) is 21.9 Å². The van der Waals surface area contributed by atoms with Crippen molar-refractivity contribution in [2.75, 3.05) is 24.6 Å². The van der Waals surface area contributed by atoms with Crippen LogP contribution in [0.2, 0.25) is 0 Å². The van der Waals surface area contributed by atoms with Gasteiger partial charge in [0.1, 0.15) is 11.3 Å². The summed E-state index contributed by atoms with van der Waals surface area (Å²) in [6.07, 6.45) is 0. The summed E-state index contributed by atoms with van der Waals surface area (Å²) in [7, 11) is 1.93. The first kappa shape index (κ1) is 13.4. The van der Waals surface area contributed by atoms with Crippen molar-refractivity contribution in [1.29, 1.82) is 0 Å². The first-order chi connectivity index (χ1) is 9.58. The van der Waals surface area contributed by atoms with E-state index < -0.39 is 0 Å². The third kappa shape index (κ3) is 2.18. The molecule has 1 aliphatic rings. The van der Waals surface area contributed by atoms with Crippen LogP contribution in [0.3, 0.4) is 0 Å². The van der Waals surface area contributed by atoms with Crippen molar-refractivity contribution < 1.29 is 4.79 Å². The average molecular weight is 290 g/mol. The van der Waals surface area contributed by atoms with Gasteiger partial charge in [-0.05, 0) is 19.9 Å². The molecule has 6 heteroatoms. The molecule has 5 nitrogen and oxygen atoms in total. The molecule has 1 aliphatic heterocycles. The average Bonchev–Trinajstić information content (AvgIpc) is 2.74. The Balaban J connectivity index is 2.10. The maximum atomic E-state index is 12.7. The van der Waals surface area contributed by atoms with Crippen LogP contribution in [0.5, 0.6) is 0 Å². The van der Waals surface area contributed by atoms with Crippen LogP contribution in [-0.2, 0) is 7.05 Å². The van der Waals surface area contributed by atoms with Gasteiger partial charge in [0.25, 0.3) is 5.91 Å². The molecule has 1 saturated heterocycles. The first-order valence-corrected chi connectivity index (χ1v) is 7.91. The Kier molecular flexibility index (Phi) is 3.41. The van der Waals surface area contributed by atoms with E-state index in [1.807, 2.05) is 48.2 Å². The highest BCUT2D eigenvalue weighted by Gasteiger charge is 2.23. The van der Waals surface area contributed by atoms with Crippen molar-refractivity contribution in [2.24, 2.45) is 7.05 Å². The Bertz CT molecular complexity index is 673. The Hall–Kier alpha value is -1.56. The molecular weight excluding hydrogens is 272 g/mol. The van der Waals surface area contributed by atoms with E-state index in [0.29, 0.717) is 5.56 Å². The SMILES string of the molecule is Cc1cc(C(=O)N2CCSCC2)c2nc(C)n(C)c2n1. The second kappa shape index (κ2) is 5.09. The minimum absolute atomic E-state index is 0.0823. The number of hydrogen-bond donors (Lipinski definition) is 0. The third-order valence-electron chi connectivity index (χ3n) is 3.71. The van der Waals surface area contributed by atoms with Crippen LogP contribution in [0.15, 0.2) is 6.07 Å². The number of aryl methyl sites for hydroxylation is 3. The molecule has 0 radical (unpaired) electrons. The highest BCUT2D eigenvalue weighted by Crippen LogP contribution is 2.21. The number of fused-ring (bicyclic) bond motifs is 1. The van der Waals surface area contributed by atoms with Gasteiger partial charge in [0.2, 0.25) is 0 Å². The summed E-state index contributed by atoms with van der Waals surface area (Å²) < 4.78 is 1.94. The molecule has 3 heterocycles. The van der Waals surface area contributed by atoms with E-state index in [9.17, 15) is 4.79 Å². The molecule has 0 saturated carbocycles. The van der Waals surface area contributed by atoms with Gasteiger partial charge in [-0.3, -0.25) is 4.79 Å². The van der Waals surface area contributed by atoms with Gasteiger partial charge < -0.3 is 9.47 Å². The fourth-order valence-corrected chi connectivity index (χ4v) is 3.39. The Labute approximate surface area is 122 Å². The maximum Gasteiger partial charge on any atom is 0.256 e. The summed E-state index contributed by atoms with van der Waals surface area (Å²) in [4.78, 5) is 23.7. The fraction of sp³-hybridized carbons (Fsp3) is 0.500. The quantitative estimate of drug-likeness (QED) is 0.803. The summed E-state index contributed by atoms with van der Waals surface area (Å²) in [5.41, 5.74) is 3.05. The topological polar surface area (TPSA) is 51.0 Å². The number of carbonyl (C=O) groups excluding carboxylic acids is 1. The lowest BCUT2D eigenvalue weighted by atomic mass is 10.1. The molecule has 0 unspecified atom stereocenters. The minimum Gasteiger partial charge on any atom is -0.337 e. The maximum absolute atomic E-state index is 12.7. The molecule has 0 aliphatic carbocycles. The van der Waals surface area contributed by atoms with Crippen LogP contribution in [0.4, 0.5) is 0 Å². The van der Waals surface area contributed by atoms with Gasteiger partial charge >= 0.3 is 0 Å². The van der Waals surface area contributed by atoms with Crippen molar-refractivity contribution in [1.82, 2.24) is 19.4 Å². The van der Waals surface area contributed by atoms with Gasteiger partial charge in [0.15, 0.2) is 5.65 Å². The highest BCUT2D eigenvalue weighted by atomic mass is 32.2. The van der Waals surface area contributed by atoms with Crippen LogP contribution < -0.4 is 0 Å². The lowest BCUT2D eigenvalue weighted by Crippen LogP contribution is -2.38. The number of rotatable bonds is 1. The molecule has 0 spiro atoms. The van der Waals surface area contributed by atoms with Gasteiger partial charge in [-0.25, -0.2) is 9.97 Å². The summed E-state index contributed by atoms with van der Waals surface area (Å²) >= 11 is 1.90. The van der Waals surface area contributed by atoms with Crippen LogP contribution in [0, 0.1) is 13.8 Å². The predicted octanol–water partition coefficient (Wildman–Crippen LogP) is 1.77. The molecule has 20 heavy (non-hydrogen) atoms. The highest BCUT2D eigenvalue weighted by molar-refractivity contribution is 7.99. The van der Waals surface area contributed by atoms with Crippen molar-refractivity contribution in [3.8, 4) is 0 Å². The smallest absolute Gasteiger partial charge is 0.256 e. The normalized spacial score (nSPS) is 15.8.